The van der Waals surface area contributed by atoms with Gasteiger partial charge in [0.25, 0.3) is 0 Å². The van der Waals surface area contributed by atoms with Crippen LogP contribution < -0.4 is 11.2 Å². The Morgan fingerprint density at radius 2 is 1.79 bits per heavy atom. The molecule has 0 fully saturated rings. The molecule has 2 aromatic carbocycles. The Bertz CT molecular complexity index is 841. The molecule has 5 nitrogen and oxygen atoms in total. The summed E-state index contributed by atoms with van der Waals surface area (Å²) in [5.41, 5.74) is 11.6. The van der Waals surface area contributed by atoms with Gasteiger partial charge in [0, 0.05) is 17.1 Å². The smallest absolute Gasteiger partial charge is 0.209 e. The topological polar surface area (TPSA) is 75.7 Å². The second-order valence-corrected chi connectivity index (χ2v) is 4.97. The van der Waals surface area contributed by atoms with Crippen molar-refractivity contribution in [1.82, 2.24) is 10.4 Å². The highest BCUT2D eigenvalue weighted by atomic mass is 127. The summed E-state index contributed by atoms with van der Waals surface area (Å²) in [5.74, 6) is 0.281. The largest absolute Gasteiger partial charge is 0.369 e. The molecule has 0 bridgehead atoms. The van der Waals surface area contributed by atoms with Crippen LogP contribution in [-0.2, 0) is 6.54 Å². The van der Waals surface area contributed by atoms with Crippen molar-refractivity contribution in [3.63, 3.8) is 0 Å². The summed E-state index contributed by atoms with van der Waals surface area (Å²) in [5, 5.41) is 5.19. The van der Waals surface area contributed by atoms with E-state index >= 15 is 0 Å². The molecule has 0 aliphatic carbocycles. The minimum absolute atomic E-state index is 0. The molecule has 0 aliphatic rings. The molecule has 1 heterocycles. The van der Waals surface area contributed by atoms with Crippen LogP contribution >= 0.6 is 24.0 Å². The zero-order chi connectivity index (χ0) is 15.9. The van der Waals surface area contributed by atoms with Gasteiger partial charge in [-0.1, -0.05) is 48.5 Å². The maximum Gasteiger partial charge on any atom is 0.209 e. The number of guanidine groups is 1. The van der Waals surface area contributed by atoms with Crippen LogP contribution in [-0.4, -0.2) is 17.2 Å². The number of fused-ring (bicyclic) bond motifs is 1. The zero-order valence-corrected chi connectivity index (χ0v) is 15.3. The Labute approximate surface area is 157 Å². The summed E-state index contributed by atoms with van der Waals surface area (Å²) in [6.45, 7) is 0.521. The van der Waals surface area contributed by atoms with E-state index in [1.165, 1.54) is 0 Å². The van der Waals surface area contributed by atoms with Crippen molar-refractivity contribution in [2.24, 2.45) is 15.8 Å². The van der Waals surface area contributed by atoms with Crippen LogP contribution in [0.25, 0.3) is 10.9 Å². The number of para-hydroxylation sites is 1. The maximum absolute atomic E-state index is 5.81. The lowest BCUT2D eigenvalue weighted by atomic mass is 10.1. The second-order valence-electron chi connectivity index (χ2n) is 4.97. The average molecular weight is 431 g/mol. The third-order valence-electron chi connectivity index (χ3n) is 3.34. The van der Waals surface area contributed by atoms with Crippen LogP contribution in [0.4, 0.5) is 0 Å². The monoisotopic (exact) mass is 431 g/mol. The van der Waals surface area contributed by atoms with E-state index in [-0.39, 0.29) is 29.9 Å². The van der Waals surface area contributed by atoms with Gasteiger partial charge in [-0.2, -0.15) is 5.10 Å². The fourth-order valence-electron chi connectivity index (χ4n) is 2.19. The summed E-state index contributed by atoms with van der Waals surface area (Å²) in [7, 11) is 0. The lowest BCUT2D eigenvalue weighted by Gasteiger charge is -2.02. The normalized spacial score (nSPS) is 11.4. The number of halogens is 1. The van der Waals surface area contributed by atoms with Gasteiger partial charge >= 0.3 is 0 Å². The molecule has 0 aliphatic heterocycles. The highest BCUT2D eigenvalue weighted by Crippen LogP contribution is 2.13. The molecule has 6 heteroatoms. The number of benzene rings is 2. The number of aliphatic imine (C=N–C) groups is 1. The van der Waals surface area contributed by atoms with Crippen molar-refractivity contribution in [2.75, 3.05) is 0 Å². The molecule has 3 rings (SSSR count). The number of hydrogen-bond acceptors (Lipinski definition) is 3. The molecule has 122 valence electrons. The van der Waals surface area contributed by atoms with Crippen molar-refractivity contribution in [2.45, 2.75) is 6.54 Å². The summed E-state index contributed by atoms with van der Waals surface area (Å²) in [6.07, 6.45) is 3.48. The Hall–Kier alpha value is -2.48. The van der Waals surface area contributed by atoms with Crippen LogP contribution in [0, 0.1) is 0 Å². The van der Waals surface area contributed by atoms with Gasteiger partial charge in [-0.25, -0.2) is 10.4 Å². The minimum atomic E-state index is 0. The predicted molar refractivity (Wildman–Crippen MR) is 110 cm³/mol. The van der Waals surface area contributed by atoms with Crippen molar-refractivity contribution < 1.29 is 0 Å². The first-order chi connectivity index (χ1) is 11.3. The molecule has 0 saturated heterocycles. The fraction of sp³-hybridized carbons (Fsp3) is 0.0556. The van der Waals surface area contributed by atoms with Crippen LogP contribution in [0.3, 0.4) is 0 Å². The Morgan fingerprint density at radius 1 is 1.04 bits per heavy atom. The van der Waals surface area contributed by atoms with E-state index in [1.807, 2.05) is 60.7 Å². The van der Waals surface area contributed by atoms with Gasteiger partial charge in [0.2, 0.25) is 5.96 Å². The van der Waals surface area contributed by atoms with E-state index < -0.39 is 0 Å². The Kier molecular flexibility index (Phi) is 6.68. The van der Waals surface area contributed by atoms with E-state index in [0.717, 1.165) is 22.0 Å². The zero-order valence-electron chi connectivity index (χ0n) is 13.0. The van der Waals surface area contributed by atoms with E-state index in [1.54, 1.807) is 12.4 Å². The number of rotatable bonds is 4. The summed E-state index contributed by atoms with van der Waals surface area (Å²) < 4.78 is 0. The summed E-state index contributed by atoms with van der Waals surface area (Å²) in [4.78, 5) is 8.56. The first kappa shape index (κ1) is 17.9. The standard InChI is InChI=1S/C18H17N5.HI/c19-18(21-12-14-6-2-1-3-7-14)23-22-13-15-10-11-20-17-9-5-4-8-16(15)17;/h1-11,13H,12H2,(H3,19,21,23);1H. The minimum Gasteiger partial charge on any atom is -0.369 e. The quantitative estimate of drug-likeness (QED) is 0.288. The molecule has 24 heavy (non-hydrogen) atoms. The molecule has 3 aromatic rings. The van der Waals surface area contributed by atoms with E-state index in [2.05, 4.69) is 20.5 Å². The van der Waals surface area contributed by atoms with Crippen LogP contribution in [0.5, 0.6) is 0 Å². The first-order valence-electron chi connectivity index (χ1n) is 7.29. The third-order valence-corrected chi connectivity index (χ3v) is 3.34. The Morgan fingerprint density at radius 3 is 2.62 bits per heavy atom. The SMILES string of the molecule is I.NC(=NCc1ccccc1)NN=Cc1ccnc2ccccc12. The molecule has 0 atom stereocenters. The first-order valence-corrected chi connectivity index (χ1v) is 7.29. The molecular formula is C18H18IN5. The number of nitrogens with one attached hydrogen (secondary N) is 1. The lowest BCUT2D eigenvalue weighted by molar-refractivity contribution is 0.963. The molecule has 1 aromatic heterocycles. The number of nitrogens with two attached hydrogens (primary N) is 1. The van der Waals surface area contributed by atoms with Gasteiger partial charge in [-0.15, -0.1) is 24.0 Å². The van der Waals surface area contributed by atoms with Gasteiger partial charge in [0.05, 0.1) is 18.3 Å². The van der Waals surface area contributed by atoms with Gasteiger partial charge in [-0.3, -0.25) is 4.98 Å². The number of aromatic nitrogens is 1. The molecule has 0 amide bonds. The number of nitrogens with zero attached hydrogens (tertiary/aromatic N) is 3. The molecule has 0 unspecified atom stereocenters. The van der Waals surface area contributed by atoms with Gasteiger partial charge in [-0.05, 0) is 17.7 Å². The third kappa shape index (κ3) is 4.76. The van der Waals surface area contributed by atoms with E-state index in [4.69, 9.17) is 5.73 Å². The Balaban J connectivity index is 0.00000208. The van der Waals surface area contributed by atoms with Crippen LogP contribution in [0.1, 0.15) is 11.1 Å². The molecule has 0 spiro atoms. The lowest BCUT2D eigenvalue weighted by Crippen LogP contribution is -2.27. The second kappa shape index (κ2) is 8.97. The summed E-state index contributed by atoms with van der Waals surface area (Å²) >= 11 is 0. The van der Waals surface area contributed by atoms with E-state index in [0.29, 0.717) is 6.54 Å². The highest BCUT2D eigenvalue weighted by Gasteiger charge is 1.98. The fourth-order valence-corrected chi connectivity index (χ4v) is 2.19. The van der Waals surface area contributed by atoms with Crippen molar-refractivity contribution >= 4 is 47.1 Å². The van der Waals surface area contributed by atoms with Crippen LogP contribution in [0.2, 0.25) is 0 Å². The predicted octanol–water partition coefficient (Wildman–Crippen LogP) is 3.29. The number of hydrazone groups is 1. The van der Waals surface area contributed by atoms with Gasteiger partial charge < -0.3 is 5.73 Å². The summed E-state index contributed by atoms with van der Waals surface area (Å²) in [6, 6.07) is 19.7. The maximum atomic E-state index is 5.81. The van der Waals surface area contributed by atoms with Crippen molar-refractivity contribution in [1.29, 1.82) is 0 Å². The molecule has 0 radical (unpaired) electrons. The molecule has 0 saturated carbocycles. The van der Waals surface area contributed by atoms with E-state index in [9.17, 15) is 0 Å². The molecule has 3 N–H and O–H groups in total. The number of hydrogen-bond donors (Lipinski definition) is 2. The highest BCUT2D eigenvalue weighted by molar-refractivity contribution is 14.0. The number of pyridine rings is 1. The van der Waals surface area contributed by atoms with Crippen molar-refractivity contribution in [3.05, 3.63) is 78.0 Å². The van der Waals surface area contributed by atoms with Gasteiger partial charge in [0.15, 0.2) is 0 Å². The van der Waals surface area contributed by atoms with Crippen molar-refractivity contribution in [3.8, 4) is 0 Å². The van der Waals surface area contributed by atoms with Crippen LogP contribution in [0.15, 0.2) is 77.0 Å². The molecular weight excluding hydrogens is 413 g/mol. The average Bonchev–Trinajstić information content (AvgIpc) is 2.61. The van der Waals surface area contributed by atoms with Gasteiger partial charge in [0.1, 0.15) is 0 Å².